The average molecular weight is 424 g/mol. The second-order valence-corrected chi connectivity index (χ2v) is 8.26. The molecule has 1 unspecified atom stereocenters. The first kappa shape index (κ1) is 18.6. The van der Waals surface area contributed by atoms with E-state index in [4.69, 9.17) is 4.42 Å². The number of rotatable bonds is 2. The third-order valence-corrected chi connectivity index (χ3v) is 6.31. The Kier molecular flexibility index (Phi) is 4.08. The lowest BCUT2D eigenvalue weighted by Gasteiger charge is -2.22. The summed E-state index contributed by atoms with van der Waals surface area (Å²) < 4.78 is 33.1. The Bertz CT molecular complexity index is 1370. The summed E-state index contributed by atoms with van der Waals surface area (Å²) >= 11 is 1.32. The van der Waals surface area contributed by atoms with Gasteiger partial charge in [0.15, 0.2) is 10.6 Å². The lowest BCUT2D eigenvalue weighted by atomic mass is 9.98. The number of thiazole rings is 1. The van der Waals surface area contributed by atoms with Crippen LogP contribution in [0.5, 0.6) is 0 Å². The van der Waals surface area contributed by atoms with Gasteiger partial charge in [-0.2, -0.15) is 0 Å². The van der Waals surface area contributed by atoms with E-state index in [-0.39, 0.29) is 22.3 Å². The third kappa shape index (κ3) is 2.68. The fourth-order valence-corrected chi connectivity index (χ4v) is 4.60. The number of aryl methyl sites for hydroxylation is 2. The Morgan fingerprint density at radius 2 is 1.73 bits per heavy atom. The Morgan fingerprint density at radius 1 is 1.03 bits per heavy atom. The van der Waals surface area contributed by atoms with E-state index in [2.05, 4.69) is 4.98 Å². The molecule has 0 N–H and O–H groups in total. The standard InChI is InChI=1S/C22H14F2N2O3S/c1-10-11(2)30-22(25-10)26-18(12-3-5-13(23)6-4-12)17-19(27)15-9-14(24)7-8-16(15)29-20(17)21(26)28/h3-9,18H,1-2H3. The van der Waals surface area contributed by atoms with Crippen LogP contribution in [0.25, 0.3) is 11.0 Å². The predicted molar refractivity (Wildman–Crippen MR) is 109 cm³/mol. The highest BCUT2D eigenvalue weighted by atomic mass is 32.1. The van der Waals surface area contributed by atoms with Crippen LogP contribution >= 0.6 is 11.3 Å². The van der Waals surface area contributed by atoms with Crippen LogP contribution in [0.4, 0.5) is 13.9 Å². The van der Waals surface area contributed by atoms with Crippen LogP contribution in [0.1, 0.15) is 38.3 Å². The summed E-state index contributed by atoms with van der Waals surface area (Å²) in [7, 11) is 0. The van der Waals surface area contributed by atoms with Crippen molar-refractivity contribution < 1.29 is 18.0 Å². The number of halogens is 2. The van der Waals surface area contributed by atoms with Gasteiger partial charge < -0.3 is 4.42 Å². The second kappa shape index (κ2) is 6.56. The summed E-state index contributed by atoms with van der Waals surface area (Å²) in [4.78, 5) is 33.5. The minimum atomic E-state index is -0.859. The first-order chi connectivity index (χ1) is 14.3. The first-order valence-corrected chi connectivity index (χ1v) is 9.96. The van der Waals surface area contributed by atoms with Crippen molar-refractivity contribution in [2.75, 3.05) is 4.90 Å². The van der Waals surface area contributed by atoms with Crippen molar-refractivity contribution in [1.29, 1.82) is 0 Å². The highest BCUT2D eigenvalue weighted by molar-refractivity contribution is 7.15. The van der Waals surface area contributed by atoms with Crippen LogP contribution in [-0.2, 0) is 0 Å². The molecular formula is C22H14F2N2O3S. The monoisotopic (exact) mass is 424 g/mol. The quantitative estimate of drug-likeness (QED) is 0.459. The zero-order chi connectivity index (χ0) is 21.2. The molecule has 0 bridgehead atoms. The molecule has 0 fully saturated rings. The van der Waals surface area contributed by atoms with E-state index in [1.165, 1.54) is 52.6 Å². The van der Waals surface area contributed by atoms with Gasteiger partial charge in [-0.1, -0.05) is 12.1 Å². The number of benzene rings is 2. The largest absolute Gasteiger partial charge is 0.450 e. The van der Waals surface area contributed by atoms with Gasteiger partial charge >= 0.3 is 0 Å². The van der Waals surface area contributed by atoms with Crippen molar-refractivity contribution in [2.45, 2.75) is 19.9 Å². The number of amides is 1. The number of fused-ring (bicyclic) bond motifs is 2. The average Bonchev–Trinajstić information content (AvgIpc) is 3.20. The van der Waals surface area contributed by atoms with Crippen molar-refractivity contribution in [1.82, 2.24) is 4.98 Å². The predicted octanol–water partition coefficient (Wildman–Crippen LogP) is 4.89. The number of hydrogen-bond donors (Lipinski definition) is 0. The molecule has 1 aliphatic heterocycles. The highest BCUT2D eigenvalue weighted by Gasteiger charge is 2.45. The van der Waals surface area contributed by atoms with Gasteiger partial charge in [0.2, 0.25) is 5.76 Å². The molecule has 30 heavy (non-hydrogen) atoms. The fraction of sp³-hybridized carbons (Fsp3) is 0.136. The van der Waals surface area contributed by atoms with Crippen LogP contribution in [0.15, 0.2) is 51.7 Å². The van der Waals surface area contributed by atoms with Crippen LogP contribution in [0, 0.1) is 25.5 Å². The fourth-order valence-electron chi connectivity index (χ4n) is 3.66. The first-order valence-electron chi connectivity index (χ1n) is 9.14. The SMILES string of the molecule is Cc1nc(N2C(=O)c3oc4ccc(F)cc4c(=O)c3C2c2ccc(F)cc2)sc1C. The van der Waals surface area contributed by atoms with Crippen molar-refractivity contribution in [2.24, 2.45) is 0 Å². The molecule has 5 rings (SSSR count). The molecule has 0 saturated carbocycles. The van der Waals surface area contributed by atoms with Gasteiger partial charge in [-0.05, 0) is 49.7 Å². The van der Waals surface area contributed by atoms with E-state index in [1.807, 2.05) is 13.8 Å². The Morgan fingerprint density at radius 3 is 2.40 bits per heavy atom. The molecule has 4 aromatic rings. The molecule has 3 heterocycles. The zero-order valence-electron chi connectivity index (χ0n) is 15.9. The van der Waals surface area contributed by atoms with Gasteiger partial charge in [0, 0.05) is 4.88 Å². The summed E-state index contributed by atoms with van der Waals surface area (Å²) in [5, 5.41) is 0.451. The van der Waals surface area contributed by atoms with Gasteiger partial charge in [0.05, 0.1) is 22.7 Å². The van der Waals surface area contributed by atoms with Crippen molar-refractivity contribution in [3.63, 3.8) is 0 Å². The van der Waals surface area contributed by atoms with Crippen molar-refractivity contribution >= 4 is 33.3 Å². The Hall–Kier alpha value is -3.39. The summed E-state index contributed by atoms with van der Waals surface area (Å²) in [5.74, 6) is -1.65. The number of aromatic nitrogens is 1. The summed E-state index contributed by atoms with van der Waals surface area (Å²) in [6.07, 6.45) is 0. The molecule has 2 aromatic carbocycles. The van der Waals surface area contributed by atoms with Gasteiger partial charge in [0.1, 0.15) is 17.2 Å². The van der Waals surface area contributed by atoms with Crippen LogP contribution < -0.4 is 10.3 Å². The molecular weight excluding hydrogens is 410 g/mol. The molecule has 0 aliphatic carbocycles. The molecule has 0 radical (unpaired) electrons. The van der Waals surface area contributed by atoms with E-state index in [9.17, 15) is 18.4 Å². The number of carbonyl (C=O) groups is 1. The molecule has 1 aliphatic rings. The number of hydrogen-bond acceptors (Lipinski definition) is 5. The molecule has 8 heteroatoms. The molecule has 0 saturated heterocycles. The van der Waals surface area contributed by atoms with E-state index in [1.54, 1.807) is 0 Å². The minimum absolute atomic E-state index is 0.0435. The molecule has 150 valence electrons. The van der Waals surface area contributed by atoms with Gasteiger partial charge in [-0.3, -0.25) is 14.5 Å². The maximum atomic E-state index is 13.8. The lowest BCUT2D eigenvalue weighted by Crippen LogP contribution is -2.29. The van der Waals surface area contributed by atoms with Gasteiger partial charge in [-0.15, -0.1) is 11.3 Å². The third-order valence-electron chi connectivity index (χ3n) is 5.24. The zero-order valence-corrected chi connectivity index (χ0v) is 16.7. The van der Waals surface area contributed by atoms with Crippen LogP contribution in [0.2, 0.25) is 0 Å². The highest BCUT2D eigenvalue weighted by Crippen LogP contribution is 2.42. The smallest absolute Gasteiger partial charge is 0.297 e. The van der Waals surface area contributed by atoms with Gasteiger partial charge in [-0.25, -0.2) is 13.8 Å². The van der Waals surface area contributed by atoms with Crippen molar-refractivity contribution in [3.8, 4) is 0 Å². The Balaban J connectivity index is 1.82. The maximum absolute atomic E-state index is 13.8. The molecule has 1 amide bonds. The normalized spacial score (nSPS) is 15.8. The van der Waals surface area contributed by atoms with E-state index >= 15 is 0 Å². The lowest BCUT2D eigenvalue weighted by molar-refractivity contribution is 0.0971. The van der Waals surface area contributed by atoms with Crippen LogP contribution in [0.3, 0.4) is 0 Å². The second-order valence-electron chi connectivity index (χ2n) is 7.08. The summed E-state index contributed by atoms with van der Waals surface area (Å²) in [5.41, 5.74) is 1.01. The number of carbonyl (C=O) groups excluding carboxylic acids is 1. The molecule has 2 aromatic heterocycles. The molecule has 1 atom stereocenters. The van der Waals surface area contributed by atoms with E-state index in [0.29, 0.717) is 10.7 Å². The van der Waals surface area contributed by atoms with Crippen LogP contribution in [-0.4, -0.2) is 10.9 Å². The van der Waals surface area contributed by atoms with Crippen molar-refractivity contribution in [3.05, 3.63) is 91.8 Å². The molecule has 0 spiro atoms. The number of nitrogens with zero attached hydrogens (tertiary/aromatic N) is 2. The van der Waals surface area contributed by atoms with Gasteiger partial charge in [0.25, 0.3) is 5.91 Å². The van der Waals surface area contributed by atoms with E-state index in [0.717, 1.165) is 16.6 Å². The molecule has 5 nitrogen and oxygen atoms in total. The number of anilines is 1. The van der Waals surface area contributed by atoms with E-state index < -0.39 is 29.0 Å². The maximum Gasteiger partial charge on any atom is 0.297 e. The minimum Gasteiger partial charge on any atom is -0.450 e. The summed E-state index contributed by atoms with van der Waals surface area (Å²) in [6.45, 7) is 3.72. The topological polar surface area (TPSA) is 63.4 Å². The summed E-state index contributed by atoms with van der Waals surface area (Å²) in [6, 6.07) is 8.27. The Labute approximate surface area is 173 Å².